The van der Waals surface area contributed by atoms with E-state index in [2.05, 4.69) is 15.6 Å². The topological polar surface area (TPSA) is 85.8 Å². The van der Waals surface area contributed by atoms with Gasteiger partial charge in [0.25, 0.3) is 5.91 Å². The SMILES string of the molecule is Cc1cccc(C(=O)Nn2ncc(N)n2)c1. The first kappa shape index (κ1) is 10.2. The van der Waals surface area contributed by atoms with Gasteiger partial charge in [-0.1, -0.05) is 22.6 Å². The fourth-order valence-corrected chi connectivity index (χ4v) is 1.27. The van der Waals surface area contributed by atoms with Crippen molar-refractivity contribution in [1.82, 2.24) is 15.1 Å². The van der Waals surface area contributed by atoms with Crippen molar-refractivity contribution in [2.24, 2.45) is 0 Å². The zero-order valence-electron chi connectivity index (χ0n) is 8.71. The molecule has 0 aliphatic rings. The van der Waals surface area contributed by atoms with Gasteiger partial charge in [0.1, 0.15) is 0 Å². The molecule has 2 rings (SSSR count). The second-order valence-electron chi connectivity index (χ2n) is 3.37. The number of benzene rings is 1. The minimum Gasteiger partial charge on any atom is -0.381 e. The number of aryl methyl sites for hydroxylation is 1. The molecular formula is C10H11N5O. The van der Waals surface area contributed by atoms with Crippen LogP contribution in [-0.4, -0.2) is 21.0 Å². The molecule has 0 bridgehead atoms. The van der Waals surface area contributed by atoms with Gasteiger partial charge in [-0.3, -0.25) is 4.79 Å². The summed E-state index contributed by atoms with van der Waals surface area (Å²) in [6.07, 6.45) is 1.36. The number of hydrogen-bond donors (Lipinski definition) is 2. The number of anilines is 1. The van der Waals surface area contributed by atoms with Gasteiger partial charge in [-0.2, -0.15) is 0 Å². The van der Waals surface area contributed by atoms with Crippen LogP contribution in [0.2, 0.25) is 0 Å². The third kappa shape index (κ3) is 2.17. The fraction of sp³-hybridized carbons (Fsp3) is 0.100. The lowest BCUT2D eigenvalue weighted by Crippen LogP contribution is -2.25. The molecule has 0 saturated carbocycles. The van der Waals surface area contributed by atoms with E-state index in [4.69, 9.17) is 5.73 Å². The van der Waals surface area contributed by atoms with Crippen molar-refractivity contribution in [3.63, 3.8) is 0 Å². The number of aromatic nitrogens is 3. The number of nitrogens with two attached hydrogens (primary N) is 1. The molecule has 0 unspecified atom stereocenters. The Hall–Kier alpha value is -2.37. The average molecular weight is 217 g/mol. The Morgan fingerprint density at radius 3 is 2.94 bits per heavy atom. The van der Waals surface area contributed by atoms with E-state index in [0.29, 0.717) is 5.56 Å². The fourth-order valence-electron chi connectivity index (χ4n) is 1.27. The highest BCUT2D eigenvalue weighted by atomic mass is 16.2. The number of carbonyl (C=O) groups excluding carboxylic acids is 1. The van der Waals surface area contributed by atoms with Gasteiger partial charge in [0.2, 0.25) is 0 Å². The maximum absolute atomic E-state index is 11.7. The second kappa shape index (κ2) is 4.01. The van der Waals surface area contributed by atoms with Gasteiger partial charge >= 0.3 is 0 Å². The molecule has 6 nitrogen and oxygen atoms in total. The highest BCUT2D eigenvalue weighted by molar-refractivity contribution is 5.99. The Morgan fingerprint density at radius 2 is 2.31 bits per heavy atom. The maximum atomic E-state index is 11.7. The third-order valence-corrected chi connectivity index (χ3v) is 1.99. The number of carbonyl (C=O) groups is 1. The molecule has 3 N–H and O–H groups in total. The predicted molar refractivity (Wildman–Crippen MR) is 59.3 cm³/mol. The molecule has 1 amide bonds. The first-order valence-corrected chi connectivity index (χ1v) is 4.71. The van der Waals surface area contributed by atoms with Crippen LogP contribution in [0.3, 0.4) is 0 Å². The van der Waals surface area contributed by atoms with Gasteiger partial charge in [-0.15, -0.1) is 10.2 Å². The molecule has 1 heterocycles. The first-order valence-electron chi connectivity index (χ1n) is 4.71. The number of nitrogen functional groups attached to an aromatic ring is 1. The Balaban J connectivity index is 2.14. The number of rotatable bonds is 2. The van der Waals surface area contributed by atoms with E-state index in [1.165, 1.54) is 6.20 Å². The van der Waals surface area contributed by atoms with E-state index in [0.717, 1.165) is 10.5 Å². The number of amides is 1. The molecule has 0 spiro atoms. The van der Waals surface area contributed by atoms with Gasteiger partial charge in [0.05, 0.1) is 6.20 Å². The van der Waals surface area contributed by atoms with E-state index in [1.54, 1.807) is 12.1 Å². The summed E-state index contributed by atoms with van der Waals surface area (Å²) in [6, 6.07) is 7.23. The number of nitrogens with zero attached hydrogens (tertiary/aromatic N) is 3. The predicted octanol–water partition coefficient (Wildman–Crippen LogP) is 0.553. The van der Waals surface area contributed by atoms with Crippen LogP contribution in [-0.2, 0) is 0 Å². The van der Waals surface area contributed by atoms with Gasteiger partial charge in [-0.25, -0.2) is 5.43 Å². The van der Waals surface area contributed by atoms with E-state index in [1.807, 2.05) is 19.1 Å². The van der Waals surface area contributed by atoms with Crippen molar-refractivity contribution >= 4 is 11.7 Å². The summed E-state index contributed by atoms with van der Waals surface area (Å²) in [7, 11) is 0. The maximum Gasteiger partial charge on any atom is 0.272 e. The standard InChI is InChI=1S/C10H11N5O/c1-7-3-2-4-8(5-7)10(16)14-15-12-6-9(11)13-15/h2-6H,1H3,(H2,11,13)(H,14,16). The second-order valence-corrected chi connectivity index (χ2v) is 3.37. The molecule has 0 fully saturated rings. The van der Waals surface area contributed by atoms with Crippen molar-refractivity contribution in [3.05, 3.63) is 41.6 Å². The van der Waals surface area contributed by atoms with Gasteiger partial charge in [0, 0.05) is 5.56 Å². The van der Waals surface area contributed by atoms with Crippen LogP contribution in [0.1, 0.15) is 15.9 Å². The lowest BCUT2D eigenvalue weighted by atomic mass is 10.1. The van der Waals surface area contributed by atoms with Crippen LogP contribution in [0.25, 0.3) is 0 Å². The zero-order chi connectivity index (χ0) is 11.5. The summed E-state index contributed by atoms with van der Waals surface area (Å²) in [5.74, 6) is -0.0242. The van der Waals surface area contributed by atoms with Crippen molar-refractivity contribution in [2.75, 3.05) is 11.2 Å². The third-order valence-electron chi connectivity index (χ3n) is 1.99. The molecule has 2 aromatic rings. The largest absolute Gasteiger partial charge is 0.381 e. The lowest BCUT2D eigenvalue weighted by Gasteiger charge is -2.03. The van der Waals surface area contributed by atoms with Crippen LogP contribution in [0.5, 0.6) is 0 Å². The molecule has 82 valence electrons. The average Bonchev–Trinajstić information content (AvgIpc) is 2.64. The van der Waals surface area contributed by atoms with E-state index in [-0.39, 0.29) is 11.7 Å². The molecular weight excluding hydrogens is 206 g/mol. The molecule has 16 heavy (non-hydrogen) atoms. The quantitative estimate of drug-likeness (QED) is 0.769. The molecule has 0 aliphatic carbocycles. The number of hydrogen-bond acceptors (Lipinski definition) is 4. The highest BCUT2D eigenvalue weighted by Gasteiger charge is 2.06. The highest BCUT2D eigenvalue weighted by Crippen LogP contribution is 2.03. The van der Waals surface area contributed by atoms with Crippen molar-refractivity contribution in [1.29, 1.82) is 0 Å². The molecule has 1 aromatic carbocycles. The summed E-state index contributed by atoms with van der Waals surface area (Å²) >= 11 is 0. The Bertz CT molecular complexity index is 519. The van der Waals surface area contributed by atoms with Crippen molar-refractivity contribution in [3.8, 4) is 0 Å². The van der Waals surface area contributed by atoms with Crippen LogP contribution < -0.4 is 11.2 Å². The van der Waals surface area contributed by atoms with Crippen molar-refractivity contribution in [2.45, 2.75) is 6.92 Å². The van der Waals surface area contributed by atoms with Gasteiger partial charge in [0.15, 0.2) is 5.82 Å². The summed E-state index contributed by atoms with van der Waals surface area (Å²) in [6.45, 7) is 1.92. The normalized spacial score (nSPS) is 10.1. The van der Waals surface area contributed by atoms with E-state index in [9.17, 15) is 4.79 Å². The van der Waals surface area contributed by atoms with Crippen molar-refractivity contribution < 1.29 is 4.79 Å². The smallest absolute Gasteiger partial charge is 0.272 e. The Kier molecular flexibility index (Phi) is 2.55. The number of nitrogens with one attached hydrogen (secondary N) is 1. The Morgan fingerprint density at radius 1 is 1.50 bits per heavy atom. The van der Waals surface area contributed by atoms with Gasteiger partial charge < -0.3 is 5.73 Å². The van der Waals surface area contributed by atoms with E-state index < -0.39 is 0 Å². The van der Waals surface area contributed by atoms with E-state index >= 15 is 0 Å². The van der Waals surface area contributed by atoms with Crippen LogP contribution in [0, 0.1) is 6.92 Å². The molecule has 0 saturated heterocycles. The summed E-state index contributed by atoms with van der Waals surface area (Å²) in [4.78, 5) is 12.8. The monoisotopic (exact) mass is 217 g/mol. The zero-order valence-corrected chi connectivity index (χ0v) is 8.71. The summed E-state index contributed by atoms with van der Waals surface area (Å²) in [5, 5.41) is 7.50. The van der Waals surface area contributed by atoms with Crippen LogP contribution >= 0.6 is 0 Å². The molecule has 0 aliphatic heterocycles. The summed E-state index contributed by atoms with van der Waals surface area (Å²) < 4.78 is 0. The minimum absolute atomic E-state index is 0.254. The lowest BCUT2D eigenvalue weighted by molar-refractivity contribution is 0.100. The first-order chi connectivity index (χ1) is 7.65. The molecule has 6 heteroatoms. The molecule has 1 aromatic heterocycles. The minimum atomic E-state index is -0.278. The summed E-state index contributed by atoms with van der Waals surface area (Å²) in [5.41, 5.74) is 9.42. The molecule has 0 radical (unpaired) electrons. The van der Waals surface area contributed by atoms with Crippen LogP contribution in [0.4, 0.5) is 5.82 Å². The van der Waals surface area contributed by atoms with Gasteiger partial charge in [-0.05, 0) is 19.1 Å². The Labute approximate surface area is 92.0 Å². The van der Waals surface area contributed by atoms with Crippen LogP contribution in [0.15, 0.2) is 30.5 Å². The molecule has 0 atom stereocenters.